The first-order valence-corrected chi connectivity index (χ1v) is 7.64. The Kier molecular flexibility index (Phi) is 6.68. The minimum atomic E-state index is -0.906. The number of urea groups is 1. The third-order valence-corrected chi connectivity index (χ3v) is 3.97. The molecule has 1 aromatic carbocycles. The number of hydrogen-bond donors (Lipinski definition) is 3. The maximum Gasteiger partial charge on any atom is 0.314 e. The summed E-state index contributed by atoms with van der Waals surface area (Å²) >= 11 is 0. The zero-order chi connectivity index (χ0) is 16.8. The lowest BCUT2D eigenvalue weighted by molar-refractivity contribution is 0.0166. The fourth-order valence-electron chi connectivity index (χ4n) is 1.94. The molecule has 0 fully saturated rings. The van der Waals surface area contributed by atoms with Crippen LogP contribution in [0.15, 0.2) is 18.2 Å². The van der Waals surface area contributed by atoms with Crippen molar-refractivity contribution >= 4 is 6.03 Å². The molecule has 3 N–H and O–H groups in total. The van der Waals surface area contributed by atoms with Crippen LogP contribution in [0.4, 0.5) is 4.79 Å². The normalized spacial score (nSPS) is 13.6. The van der Waals surface area contributed by atoms with Crippen molar-refractivity contribution in [1.29, 1.82) is 0 Å². The largest absolute Gasteiger partial charge is 0.496 e. The average Bonchev–Trinajstić information content (AvgIpc) is 2.45. The molecule has 1 aromatic rings. The Hall–Kier alpha value is -1.75. The minimum absolute atomic E-state index is 0.0735. The molecule has 1 unspecified atom stereocenters. The molecular weight excluding hydrogens is 280 g/mol. The number of aryl methyl sites for hydroxylation is 1. The number of methoxy groups -OCH3 is 1. The monoisotopic (exact) mass is 308 g/mol. The minimum Gasteiger partial charge on any atom is -0.496 e. The van der Waals surface area contributed by atoms with E-state index in [-0.39, 0.29) is 18.5 Å². The predicted molar refractivity (Wildman–Crippen MR) is 88.3 cm³/mol. The van der Waals surface area contributed by atoms with E-state index in [1.165, 1.54) is 0 Å². The van der Waals surface area contributed by atoms with Crippen molar-refractivity contribution in [3.05, 3.63) is 29.3 Å². The average molecular weight is 308 g/mol. The lowest BCUT2D eigenvalue weighted by Gasteiger charge is -2.27. The molecule has 1 atom stereocenters. The Labute approximate surface area is 133 Å². The van der Waals surface area contributed by atoms with Gasteiger partial charge in [0.2, 0.25) is 0 Å². The molecule has 0 saturated heterocycles. The first-order valence-electron chi connectivity index (χ1n) is 7.64. The van der Waals surface area contributed by atoms with Gasteiger partial charge in [-0.25, -0.2) is 4.79 Å². The number of carbonyl (C=O) groups excluding carboxylic acids is 1. The highest BCUT2D eigenvalue weighted by Gasteiger charge is 2.25. The third kappa shape index (κ3) is 5.56. The molecule has 0 saturated carbocycles. The highest BCUT2D eigenvalue weighted by Crippen LogP contribution is 2.19. The molecule has 0 spiro atoms. The molecule has 0 aromatic heterocycles. The number of carbonyl (C=O) groups is 1. The van der Waals surface area contributed by atoms with Gasteiger partial charge in [-0.15, -0.1) is 0 Å². The fraction of sp³-hybridized carbons (Fsp3) is 0.588. The maximum absolute atomic E-state index is 11.8. The van der Waals surface area contributed by atoms with E-state index >= 15 is 0 Å². The number of benzene rings is 1. The van der Waals surface area contributed by atoms with Crippen LogP contribution in [0.2, 0.25) is 0 Å². The topological polar surface area (TPSA) is 70.6 Å². The summed E-state index contributed by atoms with van der Waals surface area (Å²) in [5, 5.41) is 15.6. The van der Waals surface area contributed by atoms with Gasteiger partial charge in [0.25, 0.3) is 0 Å². The van der Waals surface area contributed by atoms with E-state index in [0.717, 1.165) is 16.9 Å². The molecule has 124 valence electrons. The maximum atomic E-state index is 11.8. The lowest BCUT2D eigenvalue weighted by atomic mass is 9.93. The Morgan fingerprint density at radius 2 is 2.05 bits per heavy atom. The first-order chi connectivity index (χ1) is 10.3. The van der Waals surface area contributed by atoms with Crippen LogP contribution in [0.3, 0.4) is 0 Å². The number of amides is 2. The Morgan fingerprint density at radius 3 is 2.64 bits per heavy atom. The van der Waals surface area contributed by atoms with Crippen molar-refractivity contribution in [3.63, 3.8) is 0 Å². The van der Waals surface area contributed by atoms with Crippen LogP contribution < -0.4 is 15.4 Å². The molecule has 22 heavy (non-hydrogen) atoms. The second-order valence-corrected chi connectivity index (χ2v) is 6.19. The Morgan fingerprint density at radius 1 is 1.36 bits per heavy atom. The van der Waals surface area contributed by atoms with Crippen molar-refractivity contribution in [2.45, 2.75) is 39.7 Å². The molecule has 0 aliphatic rings. The van der Waals surface area contributed by atoms with Crippen molar-refractivity contribution in [1.82, 2.24) is 10.6 Å². The predicted octanol–water partition coefficient (Wildman–Crippen LogP) is 2.25. The first kappa shape index (κ1) is 18.3. The number of rotatable bonds is 7. The van der Waals surface area contributed by atoms with Crippen LogP contribution >= 0.6 is 0 Å². The van der Waals surface area contributed by atoms with E-state index in [1.807, 2.05) is 32.9 Å². The molecule has 0 radical (unpaired) electrons. The molecule has 5 heteroatoms. The number of hydrogen-bond acceptors (Lipinski definition) is 3. The Balaban J connectivity index is 2.41. The molecule has 2 amide bonds. The summed E-state index contributed by atoms with van der Waals surface area (Å²) in [4.78, 5) is 11.8. The van der Waals surface area contributed by atoms with Gasteiger partial charge in [0.1, 0.15) is 5.75 Å². The molecule has 0 heterocycles. The van der Waals surface area contributed by atoms with E-state index in [1.54, 1.807) is 14.0 Å². The van der Waals surface area contributed by atoms with E-state index in [0.29, 0.717) is 13.0 Å². The van der Waals surface area contributed by atoms with Crippen molar-refractivity contribution in [2.24, 2.45) is 5.92 Å². The molecule has 5 nitrogen and oxygen atoms in total. The van der Waals surface area contributed by atoms with Gasteiger partial charge in [-0.2, -0.15) is 0 Å². The van der Waals surface area contributed by atoms with Crippen molar-refractivity contribution in [3.8, 4) is 5.75 Å². The summed E-state index contributed by atoms with van der Waals surface area (Å²) in [6.07, 6.45) is 0.693. The molecular formula is C17H28N2O3. The van der Waals surface area contributed by atoms with Crippen LogP contribution in [-0.2, 0) is 6.42 Å². The van der Waals surface area contributed by atoms with Gasteiger partial charge in [0, 0.05) is 13.1 Å². The van der Waals surface area contributed by atoms with Crippen LogP contribution in [-0.4, -0.2) is 36.9 Å². The van der Waals surface area contributed by atoms with Gasteiger partial charge < -0.3 is 20.5 Å². The van der Waals surface area contributed by atoms with E-state index < -0.39 is 5.60 Å². The summed E-state index contributed by atoms with van der Waals surface area (Å²) < 4.78 is 5.32. The summed E-state index contributed by atoms with van der Waals surface area (Å²) in [5.41, 5.74) is 1.32. The lowest BCUT2D eigenvalue weighted by Crippen LogP contribution is -2.47. The van der Waals surface area contributed by atoms with Gasteiger partial charge in [0.05, 0.1) is 12.7 Å². The summed E-state index contributed by atoms with van der Waals surface area (Å²) in [6, 6.07) is 5.72. The van der Waals surface area contributed by atoms with Gasteiger partial charge in [0.15, 0.2) is 0 Å². The summed E-state index contributed by atoms with van der Waals surface area (Å²) in [7, 11) is 1.64. The third-order valence-electron chi connectivity index (χ3n) is 3.97. The standard InChI is InChI=1S/C17H28N2O3/c1-12(2)17(4,21)11-19-16(20)18-9-8-14-10-13(3)6-7-15(14)22-5/h6-7,10,12,21H,8-9,11H2,1-5H3,(H2,18,19,20). The number of ether oxygens (including phenoxy) is 1. The molecule has 0 aliphatic heterocycles. The quantitative estimate of drug-likeness (QED) is 0.723. The van der Waals surface area contributed by atoms with E-state index in [2.05, 4.69) is 16.7 Å². The smallest absolute Gasteiger partial charge is 0.314 e. The second kappa shape index (κ2) is 8.03. The molecule has 0 bridgehead atoms. The van der Waals surface area contributed by atoms with Crippen molar-refractivity contribution in [2.75, 3.05) is 20.2 Å². The zero-order valence-corrected chi connectivity index (χ0v) is 14.2. The Bertz CT molecular complexity index is 499. The SMILES string of the molecule is COc1ccc(C)cc1CCNC(=O)NCC(C)(O)C(C)C. The second-order valence-electron chi connectivity index (χ2n) is 6.19. The van der Waals surface area contributed by atoms with Gasteiger partial charge in [-0.1, -0.05) is 31.5 Å². The van der Waals surface area contributed by atoms with E-state index in [4.69, 9.17) is 4.74 Å². The summed E-state index contributed by atoms with van der Waals surface area (Å²) in [6.45, 7) is 8.32. The number of nitrogens with one attached hydrogen (secondary N) is 2. The zero-order valence-electron chi connectivity index (χ0n) is 14.2. The van der Waals surface area contributed by atoms with Gasteiger partial charge in [-0.3, -0.25) is 0 Å². The molecule has 0 aliphatic carbocycles. The van der Waals surface area contributed by atoms with Crippen LogP contribution in [0.25, 0.3) is 0 Å². The fourth-order valence-corrected chi connectivity index (χ4v) is 1.94. The van der Waals surface area contributed by atoms with Crippen LogP contribution in [0.1, 0.15) is 31.9 Å². The van der Waals surface area contributed by atoms with Crippen LogP contribution in [0.5, 0.6) is 5.75 Å². The van der Waals surface area contributed by atoms with Crippen LogP contribution in [0, 0.1) is 12.8 Å². The van der Waals surface area contributed by atoms with Crippen molar-refractivity contribution < 1.29 is 14.6 Å². The summed E-state index contributed by atoms with van der Waals surface area (Å²) in [5.74, 6) is 0.903. The highest BCUT2D eigenvalue weighted by molar-refractivity contribution is 5.73. The molecule has 1 rings (SSSR count). The highest BCUT2D eigenvalue weighted by atomic mass is 16.5. The van der Waals surface area contributed by atoms with E-state index in [9.17, 15) is 9.90 Å². The number of aliphatic hydroxyl groups is 1. The van der Waals surface area contributed by atoms with Gasteiger partial charge in [-0.05, 0) is 37.8 Å². The van der Waals surface area contributed by atoms with Gasteiger partial charge >= 0.3 is 6.03 Å².